The molecule has 0 spiro atoms. The predicted octanol–water partition coefficient (Wildman–Crippen LogP) is 2.39. The number of benzene rings is 2. The maximum absolute atomic E-state index is 5.82. The van der Waals surface area contributed by atoms with Crippen LogP contribution in [0.3, 0.4) is 0 Å². The number of rotatable bonds is 6. The molecule has 3 N–H and O–H groups in total. The lowest BCUT2D eigenvalue weighted by Gasteiger charge is -2.11. The fourth-order valence-electron chi connectivity index (χ4n) is 2.76. The summed E-state index contributed by atoms with van der Waals surface area (Å²) in [5.74, 6) is 0.908. The van der Waals surface area contributed by atoms with Crippen LogP contribution in [0, 0.1) is 0 Å². The van der Waals surface area contributed by atoms with Crippen molar-refractivity contribution in [3.8, 4) is 5.75 Å². The first-order valence-corrected chi connectivity index (χ1v) is 7.77. The van der Waals surface area contributed by atoms with Gasteiger partial charge in [-0.15, -0.1) is 0 Å². The monoisotopic (exact) mass is 297 g/mol. The van der Waals surface area contributed by atoms with Crippen molar-refractivity contribution in [1.82, 2.24) is 16.2 Å². The summed E-state index contributed by atoms with van der Waals surface area (Å²) in [6.45, 7) is 1.58. The highest BCUT2D eigenvalue weighted by Crippen LogP contribution is 2.24. The Labute approximate surface area is 131 Å². The van der Waals surface area contributed by atoms with Gasteiger partial charge < -0.3 is 10.1 Å². The molecule has 0 radical (unpaired) electrons. The second-order valence-corrected chi connectivity index (χ2v) is 5.67. The Balaban J connectivity index is 1.54. The highest BCUT2D eigenvalue weighted by Gasteiger charge is 2.24. The second kappa shape index (κ2) is 7.40. The van der Waals surface area contributed by atoms with Crippen LogP contribution in [0.1, 0.15) is 23.6 Å². The number of hydrogen-bond donors (Lipinski definition) is 3. The van der Waals surface area contributed by atoms with Gasteiger partial charge in [0.2, 0.25) is 0 Å². The molecular weight excluding hydrogens is 274 g/mol. The Kier molecular flexibility index (Phi) is 5.06. The predicted molar refractivity (Wildman–Crippen MR) is 88.6 cm³/mol. The lowest BCUT2D eigenvalue weighted by molar-refractivity contribution is 0.306. The molecule has 4 heteroatoms. The Morgan fingerprint density at radius 2 is 1.82 bits per heavy atom. The Bertz CT molecular complexity index is 571. The van der Waals surface area contributed by atoms with Crippen LogP contribution in [0.2, 0.25) is 0 Å². The molecule has 1 fully saturated rings. The summed E-state index contributed by atoms with van der Waals surface area (Å²) in [6.07, 6.45) is 1.09. The minimum Gasteiger partial charge on any atom is -0.489 e. The highest BCUT2D eigenvalue weighted by atomic mass is 16.5. The third kappa shape index (κ3) is 3.85. The molecular formula is C18H23N3O. The summed E-state index contributed by atoms with van der Waals surface area (Å²) in [4.78, 5) is 0. The van der Waals surface area contributed by atoms with E-state index in [-0.39, 0.29) is 0 Å². The average Bonchev–Trinajstić information content (AvgIpc) is 3.03. The van der Waals surface area contributed by atoms with Crippen molar-refractivity contribution < 1.29 is 4.74 Å². The van der Waals surface area contributed by atoms with E-state index in [0.29, 0.717) is 18.7 Å². The van der Waals surface area contributed by atoms with E-state index in [4.69, 9.17) is 4.74 Å². The van der Waals surface area contributed by atoms with Gasteiger partial charge >= 0.3 is 0 Å². The van der Waals surface area contributed by atoms with Gasteiger partial charge in [-0.3, -0.25) is 5.43 Å². The molecule has 1 heterocycles. The third-order valence-corrected chi connectivity index (χ3v) is 3.96. The molecule has 1 aliphatic heterocycles. The van der Waals surface area contributed by atoms with Gasteiger partial charge in [0.15, 0.2) is 0 Å². The third-order valence-electron chi connectivity index (χ3n) is 3.96. The van der Waals surface area contributed by atoms with Crippen LogP contribution in [-0.4, -0.2) is 19.6 Å². The fraction of sp³-hybridized carbons (Fsp3) is 0.333. The zero-order valence-electron chi connectivity index (χ0n) is 12.9. The summed E-state index contributed by atoms with van der Waals surface area (Å²) in [6, 6.07) is 19.4. The lowest BCUT2D eigenvalue weighted by Crippen LogP contribution is -2.36. The van der Waals surface area contributed by atoms with Crippen LogP contribution < -0.4 is 20.9 Å². The standard InChI is InChI=1S/C18H23N3O/c1-19-12-16-11-18(21-20-16)15-7-9-17(10-8-15)22-13-14-5-3-2-4-6-14/h2-10,16,18-21H,11-13H2,1H3. The van der Waals surface area contributed by atoms with Gasteiger partial charge in [0.05, 0.1) is 0 Å². The van der Waals surface area contributed by atoms with Crippen LogP contribution in [-0.2, 0) is 6.61 Å². The van der Waals surface area contributed by atoms with Crippen LogP contribution >= 0.6 is 0 Å². The van der Waals surface area contributed by atoms with Crippen molar-refractivity contribution in [2.75, 3.05) is 13.6 Å². The van der Waals surface area contributed by atoms with E-state index < -0.39 is 0 Å². The van der Waals surface area contributed by atoms with Crippen molar-refractivity contribution in [2.24, 2.45) is 0 Å². The van der Waals surface area contributed by atoms with Crippen molar-refractivity contribution in [1.29, 1.82) is 0 Å². The summed E-state index contributed by atoms with van der Waals surface area (Å²) >= 11 is 0. The van der Waals surface area contributed by atoms with Gasteiger partial charge in [-0.1, -0.05) is 42.5 Å². The molecule has 4 nitrogen and oxygen atoms in total. The molecule has 2 atom stereocenters. The number of hydrazine groups is 1. The lowest BCUT2D eigenvalue weighted by atomic mass is 10.0. The Morgan fingerprint density at radius 1 is 1.05 bits per heavy atom. The minimum absolute atomic E-state index is 0.363. The molecule has 22 heavy (non-hydrogen) atoms. The number of nitrogens with one attached hydrogen (secondary N) is 3. The number of hydrogen-bond acceptors (Lipinski definition) is 4. The van der Waals surface area contributed by atoms with Crippen molar-refractivity contribution in [3.05, 3.63) is 65.7 Å². The summed E-state index contributed by atoms with van der Waals surface area (Å²) in [7, 11) is 1.98. The molecule has 2 aromatic carbocycles. The number of ether oxygens (including phenoxy) is 1. The molecule has 2 unspecified atom stereocenters. The van der Waals surface area contributed by atoms with E-state index in [2.05, 4.69) is 40.4 Å². The van der Waals surface area contributed by atoms with Crippen LogP contribution in [0.4, 0.5) is 0 Å². The smallest absolute Gasteiger partial charge is 0.119 e. The topological polar surface area (TPSA) is 45.3 Å². The van der Waals surface area contributed by atoms with Gasteiger partial charge in [-0.2, -0.15) is 0 Å². The van der Waals surface area contributed by atoms with Crippen LogP contribution in [0.25, 0.3) is 0 Å². The largest absolute Gasteiger partial charge is 0.489 e. The van der Waals surface area contributed by atoms with Crippen LogP contribution in [0.15, 0.2) is 54.6 Å². The van der Waals surface area contributed by atoms with Crippen molar-refractivity contribution in [2.45, 2.75) is 25.1 Å². The van der Waals surface area contributed by atoms with E-state index in [1.807, 2.05) is 37.4 Å². The quantitative estimate of drug-likeness (QED) is 0.766. The van der Waals surface area contributed by atoms with E-state index in [1.54, 1.807) is 0 Å². The first kappa shape index (κ1) is 15.0. The summed E-state index contributed by atoms with van der Waals surface area (Å²) < 4.78 is 5.82. The average molecular weight is 297 g/mol. The molecule has 0 saturated carbocycles. The maximum Gasteiger partial charge on any atom is 0.119 e. The van der Waals surface area contributed by atoms with Crippen LogP contribution in [0.5, 0.6) is 5.75 Å². The SMILES string of the molecule is CNCC1CC(c2ccc(OCc3ccccc3)cc2)NN1. The van der Waals surface area contributed by atoms with Gasteiger partial charge in [-0.05, 0) is 36.7 Å². The van der Waals surface area contributed by atoms with E-state index in [1.165, 1.54) is 11.1 Å². The van der Waals surface area contributed by atoms with E-state index >= 15 is 0 Å². The maximum atomic E-state index is 5.82. The zero-order chi connectivity index (χ0) is 15.2. The Hall–Kier alpha value is -1.88. The molecule has 1 aliphatic rings. The van der Waals surface area contributed by atoms with Gasteiger partial charge in [0.1, 0.15) is 12.4 Å². The summed E-state index contributed by atoms with van der Waals surface area (Å²) in [5, 5.41) is 3.20. The molecule has 1 saturated heterocycles. The fourth-order valence-corrected chi connectivity index (χ4v) is 2.76. The second-order valence-electron chi connectivity index (χ2n) is 5.67. The van der Waals surface area contributed by atoms with E-state index in [0.717, 1.165) is 18.7 Å². The molecule has 0 amide bonds. The summed E-state index contributed by atoms with van der Waals surface area (Å²) in [5.41, 5.74) is 9.15. The highest BCUT2D eigenvalue weighted by molar-refractivity contribution is 5.30. The Morgan fingerprint density at radius 3 is 2.55 bits per heavy atom. The van der Waals surface area contributed by atoms with E-state index in [9.17, 15) is 0 Å². The van der Waals surface area contributed by atoms with Gasteiger partial charge in [-0.25, -0.2) is 5.43 Å². The van der Waals surface area contributed by atoms with Gasteiger partial charge in [0.25, 0.3) is 0 Å². The molecule has 116 valence electrons. The molecule has 3 rings (SSSR count). The first-order chi connectivity index (χ1) is 10.8. The minimum atomic E-state index is 0.363. The normalized spacial score (nSPS) is 21.0. The zero-order valence-corrected chi connectivity index (χ0v) is 12.9. The van der Waals surface area contributed by atoms with Crippen molar-refractivity contribution in [3.63, 3.8) is 0 Å². The molecule has 2 aromatic rings. The number of likely N-dealkylation sites (N-methyl/N-ethyl adjacent to an activating group) is 1. The first-order valence-electron chi connectivity index (χ1n) is 7.77. The molecule has 0 bridgehead atoms. The molecule has 0 aromatic heterocycles. The molecule has 0 aliphatic carbocycles. The van der Waals surface area contributed by atoms with Gasteiger partial charge in [0, 0.05) is 18.6 Å². The van der Waals surface area contributed by atoms with Crippen molar-refractivity contribution >= 4 is 0 Å².